The molecule has 0 unspecified atom stereocenters. The maximum atomic E-state index is 13.2. The number of aliphatic hydroxyl groups excluding tert-OH is 1. The topological polar surface area (TPSA) is 76.1 Å². The summed E-state index contributed by atoms with van der Waals surface area (Å²) in [6, 6.07) is 16.1. The number of carbonyl (C=O) groups excluding carboxylic acids is 2. The quantitative estimate of drug-likeness (QED) is 0.367. The summed E-state index contributed by atoms with van der Waals surface area (Å²) in [5.41, 5.74) is 1.68. The maximum absolute atomic E-state index is 13.2. The van der Waals surface area contributed by atoms with E-state index in [1.54, 1.807) is 43.3 Å². The SMILES string of the molecule is COC(=O)Cc1ccc(OC)c(-c2ccc(C(F)(F)F)cc2)c1CN(C(C)=O)[C@@H](C)[C@H](O)c1ccccc1. The molecule has 3 rings (SSSR count). The molecule has 0 aliphatic carbocycles. The molecule has 0 saturated carbocycles. The van der Waals surface area contributed by atoms with Crippen molar-refractivity contribution in [1.29, 1.82) is 0 Å². The van der Waals surface area contributed by atoms with Crippen LogP contribution < -0.4 is 4.74 Å². The second-order valence-corrected chi connectivity index (χ2v) is 8.85. The minimum absolute atomic E-state index is 0.0414. The third kappa shape index (κ3) is 6.52. The molecule has 2 atom stereocenters. The van der Waals surface area contributed by atoms with Crippen LogP contribution in [0.1, 0.15) is 42.2 Å². The molecule has 6 nitrogen and oxygen atoms in total. The molecule has 0 heterocycles. The number of rotatable bonds is 9. The highest BCUT2D eigenvalue weighted by molar-refractivity contribution is 5.80. The fraction of sp³-hybridized carbons (Fsp3) is 0.310. The first kappa shape index (κ1) is 28.7. The predicted molar refractivity (Wildman–Crippen MR) is 136 cm³/mol. The largest absolute Gasteiger partial charge is 0.496 e. The Kier molecular flexibility index (Phi) is 9.17. The Labute approximate surface area is 219 Å². The molecule has 0 bridgehead atoms. The number of esters is 1. The Hall–Kier alpha value is -3.85. The molecule has 0 aromatic heterocycles. The zero-order valence-electron chi connectivity index (χ0n) is 21.6. The number of amides is 1. The minimum atomic E-state index is -4.51. The van der Waals surface area contributed by atoms with Crippen molar-refractivity contribution in [1.82, 2.24) is 4.90 Å². The Bertz CT molecular complexity index is 1260. The zero-order chi connectivity index (χ0) is 28.0. The van der Waals surface area contributed by atoms with Gasteiger partial charge < -0.3 is 19.5 Å². The van der Waals surface area contributed by atoms with Crippen LogP contribution in [0, 0.1) is 0 Å². The summed E-state index contributed by atoms with van der Waals surface area (Å²) in [4.78, 5) is 26.5. The molecule has 1 amide bonds. The van der Waals surface area contributed by atoms with Crippen molar-refractivity contribution in [3.63, 3.8) is 0 Å². The molecule has 3 aromatic carbocycles. The Balaban J connectivity index is 2.16. The lowest BCUT2D eigenvalue weighted by Crippen LogP contribution is -2.40. The number of alkyl halides is 3. The fourth-order valence-corrected chi connectivity index (χ4v) is 4.37. The van der Waals surface area contributed by atoms with Crippen LogP contribution in [-0.2, 0) is 33.5 Å². The van der Waals surface area contributed by atoms with Crippen molar-refractivity contribution in [2.75, 3.05) is 14.2 Å². The summed E-state index contributed by atoms with van der Waals surface area (Å²) in [7, 11) is 2.68. The van der Waals surface area contributed by atoms with Gasteiger partial charge in [-0.15, -0.1) is 0 Å². The van der Waals surface area contributed by atoms with Gasteiger partial charge in [0.1, 0.15) is 5.75 Å². The van der Waals surface area contributed by atoms with Crippen LogP contribution in [0.4, 0.5) is 13.2 Å². The fourth-order valence-electron chi connectivity index (χ4n) is 4.37. The van der Waals surface area contributed by atoms with Crippen molar-refractivity contribution in [3.8, 4) is 16.9 Å². The summed E-state index contributed by atoms with van der Waals surface area (Å²) in [5.74, 6) is -0.507. The molecular weight excluding hydrogens is 499 g/mol. The molecule has 38 heavy (non-hydrogen) atoms. The van der Waals surface area contributed by atoms with Crippen LogP contribution in [0.2, 0.25) is 0 Å². The minimum Gasteiger partial charge on any atom is -0.496 e. The van der Waals surface area contributed by atoms with Gasteiger partial charge in [-0.05, 0) is 47.4 Å². The summed E-state index contributed by atoms with van der Waals surface area (Å²) in [6.07, 6.45) is -5.65. The third-order valence-corrected chi connectivity index (χ3v) is 6.48. The monoisotopic (exact) mass is 529 g/mol. The smallest absolute Gasteiger partial charge is 0.416 e. The molecule has 0 aliphatic rings. The summed E-state index contributed by atoms with van der Waals surface area (Å²) in [6.45, 7) is 3.03. The van der Waals surface area contributed by atoms with Crippen LogP contribution in [-0.4, -0.2) is 42.1 Å². The average Bonchev–Trinajstić information content (AvgIpc) is 2.91. The van der Waals surface area contributed by atoms with Gasteiger partial charge in [-0.1, -0.05) is 48.5 Å². The summed E-state index contributed by atoms with van der Waals surface area (Å²) in [5, 5.41) is 11.0. The van der Waals surface area contributed by atoms with E-state index >= 15 is 0 Å². The average molecular weight is 530 g/mol. The van der Waals surface area contributed by atoms with Gasteiger partial charge in [-0.2, -0.15) is 13.2 Å². The third-order valence-electron chi connectivity index (χ3n) is 6.48. The molecule has 0 fully saturated rings. The van der Waals surface area contributed by atoms with E-state index in [9.17, 15) is 27.9 Å². The molecular formula is C29H30F3NO5. The highest BCUT2D eigenvalue weighted by Gasteiger charge is 2.31. The van der Waals surface area contributed by atoms with Crippen LogP contribution in [0.15, 0.2) is 66.7 Å². The molecule has 0 aliphatic heterocycles. The van der Waals surface area contributed by atoms with Crippen LogP contribution in [0.25, 0.3) is 11.1 Å². The molecule has 0 saturated heterocycles. The molecule has 202 valence electrons. The van der Waals surface area contributed by atoms with E-state index in [1.807, 2.05) is 6.07 Å². The van der Waals surface area contributed by atoms with Gasteiger partial charge in [0.05, 0.1) is 38.3 Å². The molecule has 0 radical (unpaired) electrons. The molecule has 3 aromatic rings. The van der Waals surface area contributed by atoms with Gasteiger partial charge in [0.2, 0.25) is 5.91 Å². The zero-order valence-corrected chi connectivity index (χ0v) is 21.6. The van der Waals surface area contributed by atoms with Gasteiger partial charge >= 0.3 is 12.1 Å². The lowest BCUT2D eigenvalue weighted by Gasteiger charge is -2.33. The van der Waals surface area contributed by atoms with Crippen LogP contribution in [0.5, 0.6) is 5.75 Å². The number of carbonyl (C=O) groups is 2. The predicted octanol–water partition coefficient (Wildman–Crippen LogP) is 5.57. The second-order valence-electron chi connectivity index (χ2n) is 8.85. The molecule has 1 N–H and O–H groups in total. The number of hydrogen-bond donors (Lipinski definition) is 1. The number of aliphatic hydroxyl groups is 1. The summed E-state index contributed by atoms with van der Waals surface area (Å²) >= 11 is 0. The number of methoxy groups -OCH3 is 2. The highest BCUT2D eigenvalue weighted by Crippen LogP contribution is 2.39. The van der Waals surface area contributed by atoms with E-state index in [0.717, 1.165) is 12.1 Å². The van der Waals surface area contributed by atoms with Crippen molar-refractivity contribution >= 4 is 11.9 Å². The second kappa shape index (κ2) is 12.1. The van der Waals surface area contributed by atoms with E-state index in [-0.39, 0.29) is 18.9 Å². The molecule has 9 heteroatoms. The van der Waals surface area contributed by atoms with E-state index in [2.05, 4.69) is 0 Å². The van der Waals surface area contributed by atoms with Gasteiger partial charge in [-0.3, -0.25) is 9.59 Å². The standard InChI is InChI=1S/C29H30F3NO5/c1-18(28(36)21-8-6-5-7-9-21)33(19(2)34)17-24-22(16-26(35)38-4)12-15-25(37-3)27(24)20-10-13-23(14-11-20)29(30,31)32/h5-15,18,28,36H,16-17H2,1-4H3/t18-,28-/m0/s1. The van der Waals surface area contributed by atoms with Crippen molar-refractivity contribution in [2.45, 2.75) is 45.1 Å². The van der Waals surface area contributed by atoms with E-state index in [1.165, 1.54) is 38.2 Å². The number of hydrogen-bond acceptors (Lipinski definition) is 5. The van der Waals surface area contributed by atoms with E-state index in [0.29, 0.717) is 33.6 Å². The first-order valence-electron chi connectivity index (χ1n) is 11.9. The van der Waals surface area contributed by atoms with Crippen molar-refractivity contribution in [3.05, 3.63) is 89.0 Å². The van der Waals surface area contributed by atoms with Crippen molar-refractivity contribution < 1.29 is 37.3 Å². The van der Waals surface area contributed by atoms with Gasteiger partial charge in [0, 0.05) is 19.0 Å². The molecule has 0 spiro atoms. The first-order chi connectivity index (χ1) is 18.0. The number of ether oxygens (including phenoxy) is 2. The van der Waals surface area contributed by atoms with E-state index in [4.69, 9.17) is 9.47 Å². The Morgan fingerprint density at radius 2 is 1.61 bits per heavy atom. The number of nitrogens with zero attached hydrogens (tertiary/aromatic N) is 1. The Morgan fingerprint density at radius 3 is 2.13 bits per heavy atom. The van der Waals surface area contributed by atoms with Gasteiger partial charge in [-0.25, -0.2) is 0 Å². The van der Waals surface area contributed by atoms with Crippen LogP contribution in [0.3, 0.4) is 0 Å². The van der Waals surface area contributed by atoms with Gasteiger partial charge in [0.25, 0.3) is 0 Å². The lowest BCUT2D eigenvalue weighted by atomic mass is 9.91. The van der Waals surface area contributed by atoms with Gasteiger partial charge in [0.15, 0.2) is 0 Å². The number of benzene rings is 3. The lowest BCUT2D eigenvalue weighted by molar-refractivity contribution is -0.140. The van der Waals surface area contributed by atoms with Crippen LogP contribution >= 0.6 is 0 Å². The summed E-state index contributed by atoms with van der Waals surface area (Å²) < 4.78 is 50.0. The Morgan fingerprint density at radius 1 is 0.974 bits per heavy atom. The maximum Gasteiger partial charge on any atom is 0.416 e. The highest BCUT2D eigenvalue weighted by atomic mass is 19.4. The number of halogens is 3. The normalized spacial score (nSPS) is 12.9. The van der Waals surface area contributed by atoms with Crippen molar-refractivity contribution in [2.24, 2.45) is 0 Å². The van der Waals surface area contributed by atoms with E-state index < -0.39 is 29.9 Å². The first-order valence-corrected chi connectivity index (χ1v) is 11.9.